The molecule has 0 radical (unpaired) electrons. The maximum absolute atomic E-state index is 11.7. The van der Waals surface area contributed by atoms with Crippen molar-refractivity contribution in [2.45, 2.75) is 33.6 Å². The lowest BCUT2D eigenvalue weighted by atomic mass is 9.75. The first-order valence-corrected chi connectivity index (χ1v) is 6.56. The Balaban J connectivity index is 3.44. The van der Waals surface area contributed by atoms with Gasteiger partial charge in [0.15, 0.2) is 0 Å². The highest BCUT2D eigenvalue weighted by atomic mass is 79.9. The minimum absolute atomic E-state index is 0.256. The number of primary amides is 1. The minimum Gasteiger partial charge on any atom is -0.369 e. The van der Waals surface area contributed by atoms with Gasteiger partial charge < -0.3 is 5.73 Å². The SMILES string of the molecule is Cc1cc(Br)cc(Cl)c1C(C(N)=O)C(C)(C)C. The Morgan fingerprint density at radius 3 is 2.29 bits per heavy atom. The van der Waals surface area contributed by atoms with Gasteiger partial charge in [-0.1, -0.05) is 48.3 Å². The number of carbonyl (C=O) groups is 1. The van der Waals surface area contributed by atoms with Crippen molar-refractivity contribution in [3.8, 4) is 0 Å². The van der Waals surface area contributed by atoms with Gasteiger partial charge in [0.25, 0.3) is 0 Å². The number of hydrogen-bond donors (Lipinski definition) is 1. The zero-order chi connectivity index (χ0) is 13.4. The zero-order valence-electron chi connectivity index (χ0n) is 10.5. The Kier molecular flexibility index (Phi) is 4.26. The summed E-state index contributed by atoms with van der Waals surface area (Å²) in [6.45, 7) is 7.90. The molecule has 0 aromatic heterocycles. The summed E-state index contributed by atoms with van der Waals surface area (Å²) in [7, 11) is 0. The number of nitrogens with two attached hydrogens (primary N) is 1. The van der Waals surface area contributed by atoms with Crippen molar-refractivity contribution in [1.29, 1.82) is 0 Å². The van der Waals surface area contributed by atoms with Crippen molar-refractivity contribution in [3.05, 3.63) is 32.8 Å². The molecule has 1 amide bonds. The molecule has 0 aliphatic heterocycles. The van der Waals surface area contributed by atoms with Crippen LogP contribution in [0.2, 0.25) is 5.02 Å². The third-order valence-corrected chi connectivity index (χ3v) is 3.51. The molecule has 0 fully saturated rings. The van der Waals surface area contributed by atoms with E-state index in [9.17, 15) is 4.79 Å². The van der Waals surface area contributed by atoms with Crippen molar-refractivity contribution in [2.24, 2.45) is 11.1 Å². The first-order chi connectivity index (χ1) is 7.64. The van der Waals surface area contributed by atoms with Gasteiger partial charge in [-0.15, -0.1) is 0 Å². The van der Waals surface area contributed by atoms with E-state index in [1.807, 2.05) is 33.8 Å². The summed E-state index contributed by atoms with van der Waals surface area (Å²) >= 11 is 9.62. The molecule has 1 atom stereocenters. The van der Waals surface area contributed by atoms with Gasteiger partial charge in [-0.05, 0) is 35.6 Å². The molecule has 0 aliphatic rings. The monoisotopic (exact) mass is 317 g/mol. The minimum atomic E-state index is -0.386. The molecule has 0 aliphatic carbocycles. The number of amides is 1. The number of aryl methyl sites for hydroxylation is 1. The largest absolute Gasteiger partial charge is 0.369 e. The fourth-order valence-electron chi connectivity index (χ4n) is 2.08. The van der Waals surface area contributed by atoms with Crippen molar-refractivity contribution in [2.75, 3.05) is 0 Å². The van der Waals surface area contributed by atoms with Gasteiger partial charge in [-0.3, -0.25) is 4.79 Å². The van der Waals surface area contributed by atoms with Crippen LogP contribution in [0, 0.1) is 12.3 Å². The molecule has 0 spiro atoms. The normalized spacial score (nSPS) is 13.5. The van der Waals surface area contributed by atoms with E-state index in [1.54, 1.807) is 6.07 Å². The van der Waals surface area contributed by atoms with Crippen LogP contribution in [0.25, 0.3) is 0 Å². The average Bonchev–Trinajstić information content (AvgIpc) is 2.07. The van der Waals surface area contributed by atoms with Gasteiger partial charge in [-0.2, -0.15) is 0 Å². The first-order valence-electron chi connectivity index (χ1n) is 5.39. The number of rotatable bonds is 2. The molecule has 94 valence electrons. The van der Waals surface area contributed by atoms with E-state index in [-0.39, 0.29) is 17.2 Å². The second-order valence-electron chi connectivity index (χ2n) is 5.32. The molecule has 1 aromatic rings. The van der Waals surface area contributed by atoms with Crippen molar-refractivity contribution in [3.63, 3.8) is 0 Å². The van der Waals surface area contributed by atoms with Crippen molar-refractivity contribution >= 4 is 33.4 Å². The Morgan fingerprint density at radius 1 is 1.41 bits per heavy atom. The van der Waals surface area contributed by atoms with Crippen LogP contribution < -0.4 is 5.73 Å². The molecular weight excluding hydrogens is 302 g/mol. The van der Waals surface area contributed by atoms with Gasteiger partial charge in [-0.25, -0.2) is 0 Å². The topological polar surface area (TPSA) is 43.1 Å². The van der Waals surface area contributed by atoms with Crippen LogP contribution in [-0.2, 0) is 4.79 Å². The molecule has 1 unspecified atom stereocenters. The van der Waals surface area contributed by atoms with Gasteiger partial charge >= 0.3 is 0 Å². The van der Waals surface area contributed by atoms with Crippen LogP contribution >= 0.6 is 27.5 Å². The zero-order valence-corrected chi connectivity index (χ0v) is 12.8. The second kappa shape index (κ2) is 4.99. The smallest absolute Gasteiger partial charge is 0.225 e. The number of halogens is 2. The third-order valence-electron chi connectivity index (χ3n) is 2.74. The van der Waals surface area contributed by atoms with Crippen LogP contribution in [0.3, 0.4) is 0 Å². The predicted molar refractivity (Wildman–Crippen MR) is 75.3 cm³/mol. The Labute approximate surface area is 116 Å². The van der Waals surface area contributed by atoms with Crippen LogP contribution in [0.15, 0.2) is 16.6 Å². The average molecular weight is 319 g/mol. The summed E-state index contributed by atoms with van der Waals surface area (Å²) in [4.78, 5) is 11.7. The van der Waals surface area contributed by atoms with E-state index in [0.29, 0.717) is 5.02 Å². The van der Waals surface area contributed by atoms with Crippen molar-refractivity contribution in [1.82, 2.24) is 0 Å². The van der Waals surface area contributed by atoms with Crippen LogP contribution in [-0.4, -0.2) is 5.91 Å². The summed E-state index contributed by atoms with van der Waals surface area (Å²) in [5.74, 6) is -0.729. The second-order valence-corrected chi connectivity index (χ2v) is 6.64. The highest BCUT2D eigenvalue weighted by Crippen LogP contribution is 2.40. The maximum Gasteiger partial charge on any atom is 0.225 e. The number of hydrogen-bond acceptors (Lipinski definition) is 1. The quantitative estimate of drug-likeness (QED) is 0.879. The molecule has 0 heterocycles. The van der Waals surface area contributed by atoms with E-state index < -0.39 is 0 Å². The van der Waals surface area contributed by atoms with E-state index >= 15 is 0 Å². The van der Waals surface area contributed by atoms with Gasteiger partial charge in [0, 0.05) is 9.50 Å². The van der Waals surface area contributed by atoms with E-state index in [4.69, 9.17) is 17.3 Å². The highest BCUT2D eigenvalue weighted by molar-refractivity contribution is 9.10. The Morgan fingerprint density at radius 2 is 1.94 bits per heavy atom. The van der Waals surface area contributed by atoms with E-state index in [2.05, 4.69) is 15.9 Å². The summed E-state index contributed by atoms with van der Waals surface area (Å²) in [6.07, 6.45) is 0. The highest BCUT2D eigenvalue weighted by Gasteiger charge is 2.33. The third kappa shape index (κ3) is 3.23. The molecule has 1 rings (SSSR count). The summed E-state index contributed by atoms with van der Waals surface area (Å²) in [5.41, 5.74) is 7.07. The van der Waals surface area contributed by atoms with Gasteiger partial charge in [0.05, 0.1) is 5.92 Å². The number of benzene rings is 1. The summed E-state index contributed by atoms with van der Waals surface area (Å²) in [5, 5.41) is 0.579. The molecule has 0 bridgehead atoms. The lowest BCUT2D eigenvalue weighted by molar-refractivity contribution is -0.121. The molecule has 1 aromatic carbocycles. The molecule has 2 N–H and O–H groups in total. The maximum atomic E-state index is 11.7. The number of carbonyl (C=O) groups excluding carboxylic acids is 1. The van der Waals surface area contributed by atoms with Crippen LogP contribution in [0.1, 0.15) is 37.8 Å². The fourth-order valence-corrected chi connectivity index (χ4v) is 3.16. The summed E-state index contributed by atoms with van der Waals surface area (Å²) in [6, 6.07) is 3.74. The summed E-state index contributed by atoms with van der Waals surface area (Å²) < 4.78 is 0.904. The van der Waals surface area contributed by atoms with Crippen molar-refractivity contribution < 1.29 is 4.79 Å². The van der Waals surface area contributed by atoms with Gasteiger partial charge in [0.1, 0.15) is 0 Å². The molecule has 4 heteroatoms. The predicted octanol–water partition coefficient (Wildman–Crippen LogP) is 4.03. The molecule has 2 nitrogen and oxygen atoms in total. The van der Waals surface area contributed by atoms with Gasteiger partial charge in [0.2, 0.25) is 5.91 Å². The Hall–Kier alpha value is -0.540. The van der Waals surface area contributed by atoms with E-state index in [0.717, 1.165) is 15.6 Å². The van der Waals surface area contributed by atoms with E-state index in [1.165, 1.54) is 0 Å². The Bertz CT molecular complexity index is 428. The molecule has 0 saturated carbocycles. The first kappa shape index (κ1) is 14.5. The van der Waals surface area contributed by atoms with Crippen LogP contribution in [0.4, 0.5) is 0 Å². The molecule has 0 saturated heterocycles. The van der Waals surface area contributed by atoms with Crippen LogP contribution in [0.5, 0.6) is 0 Å². The molecular formula is C13H17BrClNO. The molecule has 17 heavy (non-hydrogen) atoms. The lowest BCUT2D eigenvalue weighted by Crippen LogP contribution is -2.32. The lowest BCUT2D eigenvalue weighted by Gasteiger charge is -2.30. The fraction of sp³-hybridized carbons (Fsp3) is 0.462. The standard InChI is InChI=1S/C13H17BrClNO/c1-7-5-8(14)6-9(15)10(7)11(12(16)17)13(2,3)4/h5-6,11H,1-4H3,(H2,16,17).